The number of hydrogen-bond acceptors (Lipinski definition) is 2. The van der Waals surface area contributed by atoms with Crippen LogP contribution in [0.15, 0.2) is 30.3 Å². The monoisotopic (exact) mass is 205 g/mol. The van der Waals surface area contributed by atoms with Crippen molar-refractivity contribution in [3.8, 4) is 0 Å². The molecule has 0 amide bonds. The third-order valence-corrected chi connectivity index (χ3v) is 2.10. The molecule has 0 radical (unpaired) electrons. The first-order valence-electron chi connectivity index (χ1n) is 5.27. The molecule has 2 nitrogen and oxygen atoms in total. The van der Waals surface area contributed by atoms with E-state index in [9.17, 15) is 4.79 Å². The van der Waals surface area contributed by atoms with E-state index in [2.05, 4.69) is 26.1 Å². The Morgan fingerprint density at radius 3 is 2.20 bits per heavy atom. The third-order valence-electron chi connectivity index (χ3n) is 2.10. The molecule has 0 heterocycles. The minimum Gasteiger partial charge on any atom is -0.303 e. The Bertz CT molecular complexity index is 324. The highest BCUT2D eigenvalue weighted by Gasteiger charge is 2.20. The van der Waals surface area contributed by atoms with E-state index >= 15 is 0 Å². The SMILES string of the molecule is C[C@@H](NC(C)(C)C)C(=O)c1ccccc1. The number of benzene rings is 1. The smallest absolute Gasteiger partial charge is 0.179 e. The molecule has 0 aliphatic heterocycles. The highest BCUT2D eigenvalue weighted by atomic mass is 16.1. The third kappa shape index (κ3) is 3.84. The Balaban J connectivity index is 2.70. The lowest BCUT2D eigenvalue weighted by molar-refractivity contribution is 0.0936. The molecule has 1 N–H and O–H groups in total. The van der Waals surface area contributed by atoms with Crippen LogP contribution in [-0.2, 0) is 0 Å². The van der Waals surface area contributed by atoms with Crippen molar-refractivity contribution in [2.24, 2.45) is 0 Å². The first-order chi connectivity index (χ1) is 6.90. The van der Waals surface area contributed by atoms with E-state index < -0.39 is 0 Å². The van der Waals surface area contributed by atoms with Gasteiger partial charge in [0.2, 0.25) is 0 Å². The van der Waals surface area contributed by atoms with Crippen LogP contribution in [0.1, 0.15) is 38.1 Å². The Labute approximate surface area is 91.7 Å². The summed E-state index contributed by atoms with van der Waals surface area (Å²) in [6.07, 6.45) is 0. The average molecular weight is 205 g/mol. The number of carbonyl (C=O) groups is 1. The summed E-state index contributed by atoms with van der Waals surface area (Å²) in [7, 11) is 0. The van der Waals surface area contributed by atoms with Crippen molar-refractivity contribution in [1.82, 2.24) is 5.32 Å². The Morgan fingerprint density at radius 2 is 1.73 bits per heavy atom. The van der Waals surface area contributed by atoms with Gasteiger partial charge in [0.15, 0.2) is 5.78 Å². The number of nitrogens with one attached hydrogen (secondary N) is 1. The highest BCUT2D eigenvalue weighted by molar-refractivity contribution is 5.99. The van der Waals surface area contributed by atoms with Gasteiger partial charge in [-0.15, -0.1) is 0 Å². The predicted molar refractivity (Wildman–Crippen MR) is 63.1 cm³/mol. The second-order valence-corrected chi connectivity index (χ2v) is 4.85. The number of rotatable bonds is 3. The van der Waals surface area contributed by atoms with Crippen molar-refractivity contribution in [2.45, 2.75) is 39.3 Å². The number of ketones is 1. The van der Waals surface area contributed by atoms with E-state index in [0.717, 1.165) is 5.56 Å². The van der Waals surface area contributed by atoms with E-state index in [-0.39, 0.29) is 17.4 Å². The molecule has 0 fully saturated rings. The van der Waals surface area contributed by atoms with E-state index in [1.54, 1.807) is 0 Å². The standard InChI is InChI=1S/C13H19NO/c1-10(14-13(2,3)4)12(15)11-8-6-5-7-9-11/h5-10,14H,1-4H3/t10-/m1/s1. The number of Topliss-reactive ketones (excluding diaryl/α,β-unsaturated/α-hetero) is 1. The van der Waals surface area contributed by atoms with Crippen molar-refractivity contribution in [3.05, 3.63) is 35.9 Å². The van der Waals surface area contributed by atoms with Crippen molar-refractivity contribution < 1.29 is 4.79 Å². The predicted octanol–water partition coefficient (Wildman–Crippen LogP) is 2.65. The lowest BCUT2D eigenvalue weighted by atomic mass is 10.0. The van der Waals surface area contributed by atoms with Gasteiger partial charge >= 0.3 is 0 Å². The summed E-state index contributed by atoms with van der Waals surface area (Å²) in [6.45, 7) is 8.08. The largest absolute Gasteiger partial charge is 0.303 e. The van der Waals surface area contributed by atoms with Gasteiger partial charge in [-0.3, -0.25) is 4.79 Å². The molecule has 0 aliphatic rings. The molecule has 1 rings (SSSR count). The van der Waals surface area contributed by atoms with Gasteiger partial charge in [-0.2, -0.15) is 0 Å². The molecule has 1 aromatic carbocycles. The zero-order valence-corrected chi connectivity index (χ0v) is 9.87. The van der Waals surface area contributed by atoms with Crippen molar-refractivity contribution in [2.75, 3.05) is 0 Å². The second-order valence-electron chi connectivity index (χ2n) is 4.85. The van der Waals surface area contributed by atoms with E-state index in [4.69, 9.17) is 0 Å². The molecular weight excluding hydrogens is 186 g/mol. The summed E-state index contributed by atoms with van der Waals surface area (Å²) >= 11 is 0. The van der Waals surface area contributed by atoms with Crippen LogP contribution in [0, 0.1) is 0 Å². The Kier molecular flexibility index (Phi) is 3.64. The first kappa shape index (κ1) is 11.9. The Morgan fingerprint density at radius 1 is 1.20 bits per heavy atom. The maximum Gasteiger partial charge on any atom is 0.179 e. The van der Waals surface area contributed by atoms with Gasteiger partial charge in [-0.1, -0.05) is 30.3 Å². The van der Waals surface area contributed by atoms with Crippen LogP contribution >= 0.6 is 0 Å². The molecule has 0 saturated heterocycles. The van der Waals surface area contributed by atoms with Gasteiger partial charge in [0.25, 0.3) is 0 Å². The molecule has 0 saturated carbocycles. The fourth-order valence-electron chi connectivity index (χ4n) is 1.57. The number of hydrogen-bond donors (Lipinski definition) is 1. The molecule has 15 heavy (non-hydrogen) atoms. The van der Waals surface area contributed by atoms with Crippen molar-refractivity contribution in [1.29, 1.82) is 0 Å². The maximum absolute atomic E-state index is 12.0. The first-order valence-corrected chi connectivity index (χ1v) is 5.27. The van der Waals surface area contributed by atoms with Crippen LogP contribution < -0.4 is 5.32 Å². The van der Waals surface area contributed by atoms with E-state index in [1.165, 1.54) is 0 Å². The molecule has 1 atom stereocenters. The molecule has 0 bridgehead atoms. The Hall–Kier alpha value is -1.15. The minimum absolute atomic E-state index is 0.0378. The highest BCUT2D eigenvalue weighted by Crippen LogP contribution is 2.07. The quantitative estimate of drug-likeness (QED) is 0.769. The van der Waals surface area contributed by atoms with Crippen LogP contribution in [-0.4, -0.2) is 17.4 Å². The topological polar surface area (TPSA) is 29.1 Å². The molecule has 2 heteroatoms. The van der Waals surface area contributed by atoms with Crippen LogP contribution in [0.3, 0.4) is 0 Å². The van der Waals surface area contributed by atoms with Crippen LogP contribution in [0.5, 0.6) is 0 Å². The van der Waals surface area contributed by atoms with Crippen LogP contribution in [0.2, 0.25) is 0 Å². The van der Waals surface area contributed by atoms with Crippen molar-refractivity contribution >= 4 is 5.78 Å². The molecule has 0 spiro atoms. The minimum atomic E-state index is -0.146. The fraction of sp³-hybridized carbons (Fsp3) is 0.462. The lowest BCUT2D eigenvalue weighted by Crippen LogP contribution is -2.46. The van der Waals surface area contributed by atoms with Gasteiger partial charge in [0.05, 0.1) is 6.04 Å². The summed E-state index contributed by atoms with van der Waals surface area (Å²) in [4.78, 5) is 12.0. The molecular formula is C13H19NO. The zero-order valence-electron chi connectivity index (χ0n) is 9.87. The number of carbonyl (C=O) groups excluding carboxylic acids is 1. The molecule has 0 aliphatic carbocycles. The van der Waals surface area contributed by atoms with Crippen LogP contribution in [0.4, 0.5) is 0 Å². The van der Waals surface area contributed by atoms with Gasteiger partial charge in [0, 0.05) is 11.1 Å². The summed E-state index contributed by atoms with van der Waals surface area (Å²) < 4.78 is 0. The fourth-order valence-corrected chi connectivity index (χ4v) is 1.57. The van der Waals surface area contributed by atoms with Crippen molar-refractivity contribution in [3.63, 3.8) is 0 Å². The average Bonchev–Trinajstić information content (AvgIpc) is 2.15. The van der Waals surface area contributed by atoms with E-state index in [0.29, 0.717) is 0 Å². The van der Waals surface area contributed by atoms with Gasteiger partial charge < -0.3 is 5.32 Å². The van der Waals surface area contributed by atoms with Gasteiger partial charge in [-0.05, 0) is 27.7 Å². The maximum atomic E-state index is 12.0. The van der Waals surface area contributed by atoms with Crippen LogP contribution in [0.25, 0.3) is 0 Å². The summed E-state index contributed by atoms with van der Waals surface area (Å²) in [5, 5.41) is 3.27. The summed E-state index contributed by atoms with van der Waals surface area (Å²) in [5.41, 5.74) is 0.728. The molecule has 82 valence electrons. The second kappa shape index (κ2) is 4.58. The van der Waals surface area contributed by atoms with Gasteiger partial charge in [-0.25, -0.2) is 0 Å². The summed E-state index contributed by atoms with van der Waals surface area (Å²) in [6, 6.07) is 9.24. The summed E-state index contributed by atoms with van der Waals surface area (Å²) in [5.74, 6) is 0.144. The zero-order chi connectivity index (χ0) is 11.5. The van der Waals surface area contributed by atoms with E-state index in [1.807, 2.05) is 37.3 Å². The molecule has 1 aromatic rings. The van der Waals surface area contributed by atoms with Gasteiger partial charge in [0.1, 0.15) is 0 Å². The molecule has 0 unspecified atom stereocenters. The lowest BCUT2D eigenvalue weighted by Gasteiger charge is -2.25. The normalized spacial score (nSPS) is 13.6. The molecule has 0 aromatic heterocycles.